The van der Waals surface area contributed by atoms with E-state index >= 15 is 0 Å². The lowest BCUT2D eigenvalue weighted by Gasteiger charge is -2.23. The summed E-state index contributed by atoms with van der Waals surface area (Å²) in [6.45, 7) is 0.570. The molecule has 2 aliphatic carbocycles. The van der Waals surface area contributed by atoms with Crippen LogP contribution in [0.5, 0.6) is 0 Å². The van der Waals surface area contributed by atoms with Gasteiger partial charge in [-0.15, -0.1) is 0 Å². The van der Waals surface area contributed by atoms with Crippen molar-refractivity contribution < 1.29 is 9.59 Å². The Morgan fingerprint density at radius 1 is 0.964 bits per heavy atom. The van der Waals surface area contributed by atoms with Crippen LogP contribution in [0.2, 0.25) is 0 Å². The van der Waals surface area contributed by atoms with Crippen LogP contribution in [0.4, 0.5) is 5.69 Å². The minimum absolute atomic E-state index is 0.00956. The zero-order chi connectivity index (χ0) is 19.7. The summed E-state index contributed by atoms with van der Waals surface area (Å²) in [4.78, 5) is 29.3. The van der Waals surface area contributed by atoms with Gasteiger partial charge < -0.3 is 15.1 Å². The molecule has 5 nitrogen and oxygen atoms in total. The highest BCUT2D eigenvalue weighted by atomic mass is 16.2. The van der Waals surface area contributed by atoms with E-state index in [0.717, 1.165) is 42.5 Å². The summed E-state index contributed by atoms with van der Waals surface area (Å²) in [5, 5.41) is 3.01. The highest BCUT2D eigenvalue weighted by Gasteiger charge is 2.33. The number of hydrogen-bond acceptors (Lipinski definition) is 3. The molecule has 0 aliphatic heterocycles. The second-order valence-electron chi connectivity index (χ2n) is 8.05. The molecule has 2 saturated carbocycles. The van der Waals surface area contributed by atoms with Gasteiger partial charge in [-0.25, -0.2) is 0 Å². The van der Waals surface area contributed by atoms with Crippen LogP contribution in [-0.2, 0) is 6.54 Å². The van der Waals surface area contributed by atoms with Crippen molar-refractivity contribution >= 4 is 17.5 Å². The second-order valence-corrected chi connectivity index (χ2v) is 8.05. The van der Waals surface area contributed by atoms with Gasteiger partial charge in [0.1, 0.15) is 0 Å². The first kappa shape index (κ1) is 18.5. The first-order valence-corrected chi connectivity index (χ1v) is 9.99. The molecule has 0 aromatic heterocycles. The average Bonchev–Trinajstić information content (AvgIpc) is 3.61. The lowest BCUT2D eigenvalue weighted by molar-refractivity contribution is 0.0729. The molecule has 0 heterocycles. The Balaban J connectivity index is 1.47. The quantitative estimate of drug-likeness (QED) is 0.804. The van der Waals surface area contributed by atoms with E-state index < -0.39 is 0 Å². The van der Waals surface area contributed by atoms with E-state index in [0.29, 0.717) is 24.2 Å². The number of anilines is 1. The number of amides is 2. The number of carbonyl (C=O) groups is 2. The molecule has 28 heavy (non-hydrogen) atoms. The van der Waals surface area contributed by atoms with E-state index in [-0.39, 0.29) is 11.8 Å². The zero-order valence-electron chi connectivity index (χ0n) is 16.5. The van der Waals surface area contributed by atoms with E-state index in [1.165, 1.54) is 0 Å². The summed E-state index contributed by atoms with van der Waals surface area (Å²) >= 11 is 0. The smallest absolute Gasteiger partial charge is 0.254 e. The van der Waals surface area contributed by atoms with E-state index in [1.54, 1.807) is 0 Å². The normalized spacial score (nSPS) is 15.8. The standard InChI is InChI=1S/C23H27N3O2/c1-25(2)21-5-3-4-18(14-21)23(28)26(20-12-13-20)15-16-6-8-17(9-7-16)22(27)24-19-10-11-19/h3-9,14,19-20H,10-13,15H2,1-2H3,(H,24,27). The third kappa shape index (κ3) is 4.35. The van der Waals surface area contributed by atoms with Crippen molar-refractivity contribution in [2.75, 3.05) is 19.0 Å². The molecule has 2 aromatic rings. The minimum Gasteiger partial charge on any atom is -0.378 e. The fraction of sp³-hybridized carbons (Fsp3) is 0.391. The van der Waals surface area contributed by atoms with Gasteiger partial charge in [0.2, 0.25) is 0 Å². The summed E-state index contributed by atoms with van der Waals surface area (Å²) in [7, 11) is 3.95. The summed E-state index contributed by atoms with van der Waals surface area (Å²) in [5.41, 5.74) is 3.47. The fourth-order valence-corrected chi connectivity index (χ4v) is 3.29. The molecule has 1 N–H and O–H groups in total. The van der Waals surface area contributed by atoms with Gasteiger partial charge in [0, 0.05) is 49.5 Å². The van der Waals surface area contributed by atoms with Gasteiger partial charge >= 0.3 is 0 Å². The van der Waals surface area contributed by atoms with Gasteiger partial charge in [0.05, 0.1) is 0 Å². The lowest BCUT2D eigenvalue weighted by atomic mass is 10.1. The third-order valence-electron chi connectivity index (χ3n) is 5.34. The SMILES string of the molecule is CN(C)c1cccc(C(=O)N(Cc2ccc(C(=O)NC3CC3)cc2)C2CC2)c1. The Labute approximate surface area is 166 Å². The second kappa shape index (κ2) is 7.66. The van der Waals surface area contributed by atoms with E-state index in [9.17, 15) is 9.59 Å². The van der Waals surface area contributed by atoms with Crippen LogP contribution in [0.25, 0.3) is 0 Å². The zero-order valence-corrected chi connectivity index (χ0v) is 16.5. The monoisotopic (exact) mass is 377 g/mol. The van der Waals surface area contributed by atoms with Crippen molar-refractivity contribution in [3.05, 3.63) is 65.2 Å². The molecule has 0 radical (unpaired) electrons. The lowest BCUT2D eigenvalue weighted by Crippen LogP contribution is -2.32. The fourth-order valence-electron chi connectivity index (χ4n) is 3.29. The highest BCUT2D eigenvalue weighted by Crippen LogP contribution is 2.30. The molecule has 0 unspecified atom stereocenters. The largest absolute Gasteiger partial charge is 0.378 e. The van der Waals surface area contributed by atoms with E-state index in [1.807, 2.05) is 72.4 Å². The molecule has 2 amide bonds. The molecule has 146 valence electrons. The molecule has 2 aromatic carbocycles. The Morgan fingerprint density at radius 3 is 2.29 bits per heavy atom. The van der Waals surface area contributed by atoms with Crippen molar-refractivity contribution in [2.24, 2.45) is 0 Å². The van der Waals surface area contributed by atoms with Gasteiger partial charge in [0.25, 0.3) is 11.8 Å². The van der Waals surface area contributed by atoms with Gasteiger partial charge in [0.15, 0.2) is 0 Å². The summed E-state index contributed by atoms with van der Waals surface area (Å²) < 4.78 is 0. The third-order valence-corrected chi connectivity index (χ3v) is 5.34. The molecule has 4 rings (SSSR count). The van der Waals surface area contributed by atoms with E-state index in [4.69, 9.17) is 0 Å². The number of nitrogens with zero attached hydrogens (tertiary/aromatic N) is 2. The molecular formula is C23H27N3O2. The van der Waals surface area contributed by atoms with Gasteiger partial charge in [-0.3, -0.25) is 9.59 Å². The molecule has 0 bridgehead atoms. The predicted octanol–water partition coefficient (Wildman–Crippen LogP) is 3.45. The molecule has 2 fully saturated rings. The van der Waals surface area contributed by atoms with Crippen LogP contribution in [0.3, 0.4) is 0 Å². The summed E-state index contributed by atoms with van der Waals surface area (Å²) in [6, 6.07) is 16.1. The van der Waals surface area contributed by atoms with Crippen LogP contribution >= 0.6 is 0 Å². The van der Waals surface area contributed by atoms with Crippen molar-refractivity contribution in [3.8, 4) is 0 Å². The van der Waals surface area contributed by atoms with Crippen LogP contribution < -0.4 is 10.2 Å². The minimum atomic E-state index is -0.00956. The van der Waals surface area contributed by atoms with Crippen LogP contribution in [0, 0.1) is 0 Å². The number of benzene rings is 2. The molecule has 5 heteroatoms. The van der Waals surface area contributed by atoms with Crippen molar-refractivity contribution in [3.63, 3.8) is 0 Å². The first-order valence-electron chi connectivity index (χ1n) is 9.99. The Morgan fingerprint density at radius 2 is 1.68 bits per heavy atom. The topological polar surface area (TPSA) is 52.7 Å². The van der Waals surface area contributed by atoms with Crippen LogP contribution in [0.1, 0.15) is 52.0 Å². The summed E-state index contributed by atoms with van der Waals surface area (Å²) in [6.07, 6.45) is 4.27. The van der Waals surface area contributed by atoms with Gasteiger partial charge in [-0.05, 0) is 61.6 Å². The van der Waals surface area contributed by atoms with Gasteiger partial charge in [-0.1, -0.05) is 18.2 Å². The molecule has 0 spiro atoms. The molecule has 0 saturated heterocycles. The van der Waals surface area contributed by atoms with Gasteiger partial charge in [-0.2, -0.15) is 0 Å². The van der Waals surface area contributed by atoms with Crippen LogP contribution in [-0.4, -0.2) is 42.9 Å². The highest BCUT2D eigenvalue weighted by molar-refractivity contribution is 5.96. The molecule has 0 atom stereocenters. The Kier molecular flexibility index (Phi) is 5.07. The Bertz CT molecular complexity index is 868. The number of rotatable bonds is 7. The molecule has 2 aliphatic rings. The van der Waals surface area contributed by atoms with Crippen molar-refractivity contribution in [1.82, 2.24) is 10.2 Å². The number of nitrogens with one attached hydrogen (secondary N) is 1. The maximum absolute atomic E-state index is 13.2. The summed E-state index contributed by atoms with van der Waals surface area (Å²) in [5.74, 6) is 0.0615. The number of carbonyl (C=O) groups excluding carboxylic acids is 2. The average molecular weight is 377 g/mol. The molecular weight excluding hydrogens is 350 g/mol. The van der Waals surface area contributed by atoms with Crippen LogP contribution in [0.15, 0.2) is 48.5 Å². The number of hydrogen-bond donors (Lipinski definition) is 1. The Hall–Kier alpha value is -2.82. The van der Waals surface area contributed by atoms with E-state index in [2.05, 4.69) is 5.32 Å². The predicted molar refractivity (Wildman–Crippen MR) is 111 cm³/mol. The van der Waals surface area contributed by atoms with Crippen molar-refractivity contribution in [2.45, 2.75) is 44.3 Å². The maximum atomic E-state index is 13.2. The maximum Gasteiger partial charge on any atom is 0.254 e. The van der Waals surface area contributed by atoms with Crippen molar-refractivity contribution in [1.29, 1.82) is 0 Å². The first-order chi connectivity index (χ1) is 13.5.